The first kappa shape index (κ1) is 25.7. The Bertz CT molecular complexity index is 218. The van der Waals surface area contributed by atoms with Crippen molar-refractivity contribution in [1.29, 1.82) is 0 Å². The highest BCUT2D eigenvalue weighted by molar-refractivity contribution is 4.40. The van der Waals surface area contributed by atoms with Gasteiger partial charge >= 0.3 is 0 Å². The van der Waals surface area contributed by atoms with Gasteiger partial charge in [0.25, 0.3) is 0 Å². The van der Waals surface area contributed by atoms with Crippen molar-refractivity contribution in [2.45, 2.75) is 32.6 Å². The van der Waals surface area contributed by atoms with Gasteiger partial charge in [-0.05, 0) is 6.42 Å². The van der Waals surface area contributed by atoms with Crippen LogP contribution in [-0.4, -0.2) is 93.0 Å². The van der Waals surface area contributed by atoms with Gasteiger partial charge in [0.1, 0.15) is 0 Å². The van der Waals surface area contributed by atoms with Crippen LogP contribution in [0.3, 0.4) is 0 Å². The van der Waals surface area contributed by atoms with Crippen molar-refractivity contribution in [2.24, 2.45) is 0 Å². The standard InChI is InChI=1S/C19H40O7/c1-3-4-5-6-7-21-10-11-23-14-15-25-18-19-26-17-16-24-13-12-22-9-8-20-2/h3-19H2,1-2H3. The summed E-state index contributed by atoms with van der Waals surface area (Å²) in [4.78, 5) is 0. The fourth-order valence-corrected chi connectivity index (χ4v) is 1.97. The number of ether oxygens (including phenoxy) is 7. The van der Waals surface area contributed by atoms with Crippen LogP contribution in [0, 0.1) is 0 Å². The van der Waals surface area contributed by atoms with E-state index in [0.29, 0.717) is 79.3 Å². The van der Waals surface area contributed by atoms with Crippen LogP contribution in [0.25, 0.3) is 0 Å². The SMILES string of the molecule is CCCCCCOCCOCCOCCOCCOCCOCCOC. The summed E-state index contributed by atoms with van der Waals surface area (Å²) in [5.41, 5.74) is 0. The van der Waals surface area contributed by atoms with Crippen LogP contribution < -0.4 is 0 Å². The first-order chi connectivity index (χ1) is 12.9. The Kier molecular flexibility index (Phi) is 24.5. The highest BCUT2D eigenvalue weighted by Crippen LogP contribution is 1.98. The van der Waals surface area contributed by atoms with Gasteiger partial charge in [0.05, 0.1) is 79.3 Å². The highest BCUT2D eigenvalue weighted by atomic mass is 16.6. The molecule has 0 N–H and O–H groups in total. The lowest BCUT2D eigenvalue weighted by molar-refractivity contribution is -0.0191. The molecule has 26 heavy (non-hydrogen) atoms. The monoisotopic (exact) mass is 380 g/mol. The molecule has 0 aromatic heterocycles. The predicted molar refractivity (Wildman–Crippen MR) is 101 cm³/mol. The summed E-state index contributed by atoms with van der Waals surface area (Å²) in [6.07, 6.45) is 4.94. The maximum Gasteiger partial charge on any atom is 0.0701 e. The number of hydrogen-bond acceptors (Lipinski definition) is 7. The Hall–Kier alpha value is -0.280. The van der Waals surface area contributed by atoms with E-state index in [1.54, 1.807) is 7.11 Å². The molecule has 7 heteroatoms. The molecule has 0 saturated carbocycles. The third-order valence-corrected chi connectivity index (χ3v) is 3.43. The molecule has 0 saturated heterocycles. The highest BCUT2D eigenvalue weighted by Gasteiger charge is 1.94. The van der Waals surface area contributed by atoms with E-state index in [1.165, 1.54) is 19.3 Å². The largest absolute Gasteiger partial charge is 0.382 e. The van der Waals surface area contributed by atoms with Gasteiger partial charge in [0.15, 0.2) is 0 Å². The van der Waals surface area contributed by atoms with Gasteiger partial charge in [0, 0.05) is 13.7 Å². The topological polar surface area (TPSA) is 64.6 Å². The third-order valence-electron chi connectivity index (χ3n) is 3.43. The van der Waals surface area contributed by atoms with Gasteiger partial charge in [-0.25, -0.2) is 0 Å². The van der Waals surface area contributed by atoms with Gasteiger partial charge < -0.3 is 33.2 Å². The second-order valence-corrected chi connectivity index (χ2v) is 5.73. The van der Waals surface area contributed by atoms with Crippen molar-refractivity contribution in [3.8, 4) is 0 Å². The molecule has 0 aromatic rings. The van der Waals surface area contributed by atoms with E-state index in [4.69, 9.17) is 33.2 Å². The molecule has 7 nitrogen and oxygen atoms in total. The van der Waals surface area contributed by atoms with Crippen LogP contribution in [0.2, 0.25) is 0 Å². The van der Waals surface area contributed by atoms with Gasteiger partial charge in [0.2, 0.25) is 0 Å². The molecule has 0 aliphatic carbocycles. The molecular formula is C19H40O7. The molecule has 0 amide bonds. The lowest BCUT2D eigenvalue weighted by atomic mass is 10.2. The zero-order valence-corrected chi connectivity index (χ0v) is 16.9. The van der Waals surface area contributed by atoms with E-state index in [-0.39, 0.29) is 0 Å². The second kappa shape index (κ2) is 24.7. The molecule has 0 bridgehead atoms. The summed E-state index contributed by atoms with van der Waals surface area (Å²) in [5, 5.41) is 0. The Morgan fingerprint density at radius 2 is 0.731 bits per heavy atom. The minimum absolute atomic E-state index is 0.563. The van der Waals surface area contributed by atoms with Crippen LogP contribution in [0.15, 0.2) is 0 Å². The zero-order valence-electron chi connectivity index (χ0n) is 16.9. The average Bonchev–Trinajstić information content (AvgIpc) is 2.66. The van der Waals surface area contributed by atoms with Crippen molar-refractivity contribution < 1.29 is 33.2 Å². The normalized spacial score (nSPS) is 11.3. The minimum atomic E-state index is 0.563. The van der Waals surface area contributed by atoms with Crippen molar-refractivity contribution in [2.75, 3.05) is 93.0 Å². The van der Waals surface area contributed by atoms with E-state index in [1.807, 2.05) is 0 Å². The summed E-state index contributed by atoms with van der Waals surface area (Å²) < 4.78 is 37.3. The molecule has 0 atom stereocenters. The Morgan fingerprint density at radius 3 is 1.08 bits per heavy atom. The van der Waals surface area contributed by atoms with E-state index in [2.05, 4.69) is 6.92 Å². The first-order valence-electron chi connectivity index (χ1n) is 9.87. The molecule has 0 fully saturated rings. The average molecular weight is 381 g/mol. The predicted octanol–water partition coefficient (Wildman–Crippen LogP) is 2.31. The fourth-order valence-electron chi connectivity index (χ4n) is 1.97. The van der Waals surface area contributed by atoms with Gasteiger partial charge in [-0.15, -0.1) is 0 Å². The first-order valence-corrected chi connectivity index (χ1v) is 9.87. The molecule has 158 valence electrons. The van der Waals surface area contributed by atoms with Crippen molar-refractivity contribution in [3.63, 3.8) is 0 Å². The van der Waals surface area contributed by atoms with Crippen molar-refractivity contribution in [1.82, 2.24) is 0 Å². The molecule has 0 rings (SSSR count). The number of hydrogen-bond donors (Lipinski definition) is 0. The Balaban J connectivity index is 2.95. The lowest BCUT2D eigenvalue weighted by Gasteiger charge is -2.08. The quantitative estimate of drug-likeness (QED) is 0.252. The van der Waals surface area contributed by atoms with Gasteiger partial charge in [-0.1, -0.05) is 26.2 Å². The minimum Gasteiger partial charge on any atom is -0.382 e. The summed E-state index contributed by atoms with van der Waals surface area (Å²) in [6, 6.07) is 0. The molecule has 0 unspecified atom stereocenters. The van der Waals surface area contributed by atoms with Gasteiger partial charge in [-0.3, -0.25) is 0 Å². The molecule has 0 aromatic carbocycles. The second-order valence-electron chi connectivity index (χ2n) is 5.73. The van der Waals surface area contributed by atoms with E-state index >= 15 is 0 Å². The number of methoxy groups -OCH3 is 1. The van der Waals surface area contributed by atoms with Gasteiger partial charge in [-0.2, -0.15) is 0 Å². The molecule has 0 radical (unpaired) electrons. The fraction of sp³-hybridized carbons (Fsp3) is 1.00. The van der Waals surface area contributed by atoms with Crippen LogP contribution >= 0.6 is 0 Å². The van der Waals surface area contributed by atoms with Crippen LogP contribution in [0.1, 0.15) is 32.6 Å². The number of rotatable bonds is 23. The molecule has 0 aliphatic heterocycles. The van der Waals surface area contributed by atoms with Crippen LogP contribution in [0.4, 0.5) is 0 Å². The number of unbranched alkanes of at least 4 members (excludes halogenated alkanes) is 3. The summed E-state index contributed by atoms with van der Waals surface area (Å²) >= 11 is 0. The van der Waals surface area contributed by atoms with E-state index in [0.717, 1.165) is 13.0 Å². The maximum absolute atomic E-state index is 5.49. The van der Waals surface area contributed by atoms with Crippen molar-refractivity contribution >= 4 is 0 Å². The maximum atomic E-state index is 5.49. The van der Waals surface area contributed by atoms with Crippen LogP contribution in [0.5, 0.6) is 0 Å². The summed E-state index contributed by atoms with van der Waals surface area (Å²) in [6.45, 7) is 10.1. The lowest BCUT2D eigenvalue weighted by Crippen LogP contribution is -2.14. The summed E-state index contributed by atoms with van der Waals surface area (Å²) in [7, 11) is 1.65. The third kappa shape index (κ3) is 23.7. The Labute approximate surface area is 159 Å². The summed E-state index contributed by atoms with van der Waals surface area (Å²) in [5.74, 6) is 0. The molecular weight excluding hydrogens is 340 g/mol. The van der Waals surface area contributed by atoms with E-state index < -0.39 is 0 Å². The zero-order chi connectivity index (χ0) is 19.0. The molecule has 0 aliphatic rings. The Morgan fingerprint density at radius 1 is 0.385 bits per heavy atom. The molecule has 0 heterocycles. The van der Waals surface area contributed by atoms with Crippen molar-refractivity contribution in [3.05, 3.63) is 0 Å². The van der Waals surface area contributed by atoms with Crippen LogP contribution in [-0.2, 0) is 33.2 Å². The smallest absolute Gasteiger partial charge is 0.0701 e. The molecule has 0 spiro atoms. The van der Waals surface area contributed by atoms with E-state index in [9.17, 15) is 0 Å².